The summed E-state index contributed by atoms with van der Waals surface area (Å²) in [6, 6.07) is 16.0. The number of rotatable bonds is 5. The summed E-state index contributed by atoms with van der Waals surface area (Å²) in [7, 11) is 0. The number of amides is 1. The quantitative estimate of drug-likeness (QED) is 0.651. The van der Waals surface area contributed by atoms with Gasteiger partial charge in [0.15, 0.2) is 0 Å². The number of para-hydroxylation sites is 1. The number of aromatic nitrogens is 2. The van der Waals surface area contributed by atoms with Gasteiger partial charge < -0.3 is 4.90 Å². The van der Waals surface area contributed by atoms with E-state index in [1.54, 1.807) is 4.90 Å². The molecule has 0 aliphatic heterocycles. The minimum Gasteiger partial charge on any atom is -0.308 e. The largest absolute Gasteiger partial charge is 0.308 e. The number of hydrogen-bond donors (Lipinski definition) is 0. The summed E-state index contributed by atoms with van der Waals surface area (Å²) in [5, 5.41) is 0. The normalized spacial score (nSPS) is 11.9. The van der Waals surface area contributed by atoms with E-state index >= 15 is 0 Å². The molecular weight excluding hydrogens is 368 g/mol. The average molecular weight is 395 g/mol. The second kappa shape index (κ2) is 8.52. The topological polar surface area (TPSA) is 50.5 Å². The third-order valence-electron chi connectivity index (χ3n) is 4.76. The summed E-state index contributed by atoms with van der Waals surface area (Å²) in [5.74, 6) is 0.841. The van der Waals surface area contributed by atoms with Crippen LogP contribution in [0.3, 0.4) is 0 Å². The highest BCUT2D eigenvalue weighted by Gasteiger charge is 2.18. The average Bonchev–Trinajstić information content (AvgIpc) is 3.03. The van der Waals surface area contributed by atoms with Crippen molar-refractivity contribution in [2.75, 3.05) is 11.4 Å². The fourth-order valence-corrected chi connectivity index (χ4v) is 3.94. The summed E-state index contributed by atoms with van der Waals surface area (Å²) >= 11 is 1.32. The van der Waals surface area contributed by atoms with Crippen LogP contribution >= 0.6 is 11.5 Å². The summed E-state index contributed by atoms with van der Waals surface area (Å²) < 4.78 is 6.50. The first-order valence-corrected chi connectivity index (χ1v) is 10.2. The summed E-state index contributed by atoms with van der Waals surface area (Å²) in [6.07, 6.45) is 0. The summed E-state index contributed by atoms with van der Waals surface area (Å²) in [6.45, 7) is 10.3. The van der Waals surface area contributed by atoms with Crippen LogP contribution in [-0.2, 0) is 4.79 Å². The molecule has 3 rings (SSSR count). The Labute approximate surface area is 170 Å². The minimum atomic E-state index is -0.0280. The van der Waals surface area contributed by atoms with Crippen molar-refractivity contribution in [2.45, 2.75) is 40.7 Å². The molecule has 0 spiro atoms. The molecule has 0 N–H and O–H groups in total. The van der Waals surface area contributed by atoms with Gasteiger partial charge in [-0.05, 0) is 63.9 Å². The Hall–Kier alpha value is -2.73. The molecule has 5 nitrogen and oxygen atoms in total. The Morgan fingerprint density at radius 3 is 2.50 bits per heavy atom. The van der Waals surface area contributed by atoms with Crippen LogP contribution in [-0.4, -0.2) is 27.4 Å². The SMILES string of the molecule is Cc1cccc(-n2c(C)nsc2=NCC(=O)N(c2ccccc2)C(C)C)c1C. The monoisotopic (exact) mass is 394 g/mol. The van der Waals surface area contributed by atoms with E-state index < -0.39 is 0 Å². The van der Waals surface area contributed by atoms with Gasteiger partial charge in [-0.15, -0.1) is 0 Å². The number of hydrogen-bond acceptors (Lipinski definition) is 4. The molecule has 1 amide bonds. The van der Waals surface area contributed by atoms with E-state index in [2.05, 4.69) is 35.3 Å². The number of benzene rings is 2. The number of carbonyl (C=O) groups is 1. The molecule has 28 heavy (non-hydrogen) atoms. The predicted octanol–water partition coefficient (Wildman–Crippen LogP) is 4.20. The molecule has 0 aliphatic rings. The van der Waals surface area contributed by atoms with Crippen LogP contribution < -0.4 is 9.70 Å². The minimum absolute atomic E-state index is 0.0280. The van der Waals surface area contributed by atoms with Gasteiger partial charge in [-0.25, -0.2) is 4.99 Å². The Morgan fingerprint density at radius 1 is 1.11 bits per heavy atom. The van der Waals surface area contributed by atoms with Gasteiger partial charge in [0.1, 0.15) is 12.4 Å². The van der Waals surface area contributed by atoms with Gasteiger partial charge in [0.25, 0.3) is 0 Å². The zero-order valence-corrected chi connectivity index (χ0v) is 17.8. The Bertz CT molecular complexity index is 1030. The Kier molecular flexibility index (Phi) is 6.09. The first-order valence-electron chi connectivity index (χ1n) is 9.39. The van der Waals surface area contributed by atoms with E-state index in [9.17, 15) is 4.79 Å². The van der Waals surface area contributed by atoms with E-state index in [0.29, 0.717) is 0 Å². The smallest absolute Gasteiger partial charge is 0.248 e. The van der Waals surface area contributed by atoms with Gasteiger partial charge in [-0.1, -0.05) is 30.3 Å². The molecule has 0 saturated carbocycles. The van der Waals surface area contributed by atoms with E-state index in [1.165, 1.54) is 22.7 Å². The lowest BCUT2D eigenvalue weighted by molar-refractivity contribution is -0.117. The van der Waals surface area contributed by atoms with Gasteiger partial charge in [0, 0.05) is 23.3 Å². The van der Waals surface area contributed by atoms with E-state index in [-0.39, 0.29) is 18.5 Å². The Balaban J connectivity index is 1.95. The van der Waals surface area contributed by atoms with Gasteiger partial charge in [0.2, 0.25) is 10.7 Å². The van der Waals surface area contributed by atoms with Crippen LogP contribution in [0.5, 0.6) is 0 Å². The number of nitrogens with zero attached hydrogens (tertiary/aromatic N) is 4. The fourth-order valence-electron chi connectivity index (χ4n) is 3.21. The molecule has 1 aromatic heterocycles. The van der Waals surface area contributed by atoms with E-state index in [4.69, 9.17) is 0 Å². The van der Waals surface area contributed by atoms with Crippen LogP contribution in [0.25, 0.3) is 5.69 Å². The number of aryl methyl sites for hydroxylation is 2. The second-order valence-corrected chi connectivity index (χ2v) is 7.81. The maximum Gasteiger partial charge on any atom is 0.248 e. The third-order valence-corrected chi connectivity index (χ3v) is 5.59. The van der Waals surface area contributed by atoms with Crippen molar-refractivity contribution in [1.82, 2.24) is 8.94 Å². The highest BCUT2D eigenvalue weighted by Crippen LogP contribution is 2.18. The molecular formula is C22H26N4OS. The molecule has 0 radical (unpaired) electrons. The zero-order chi connectivity index (χ0) is 20.3. The van der Waals surface area contributed by atoms with E-state index in [0.717, 1.165) is 22.0 Å². The fraction of sp³-hybridized carbons (Fsp3) is 0.318. The zero-order valence-electron chi connectivity index (χ0n) is 17.0. The highest BCUT2D eigenvalue weighted by molar-refractivity contribution is 7.02. The van der Waals surface area contributed by atoms with Crippen LogP contribution in [0, 0.1) is 20.8 Å². The molecule has 0 bridgehead atoms. The Morgan fingerprint density at radius 2 is 1.82 bits per heavy atom. The third kappa shape index (κ3) is 4.07. The van der Waals surface area contributed by atoms with Crippen molar-refractivity contribution in [3.63, 3.8) is 0 Å². The van der Waals surface area contributed by atoms with Crippen molar-refractivity contribution in [2.24, 2.45) is 4.99 Å². The number of anilines is 1. The van der Waals surface area contributed by atoms with Crippen molar-refractivity contribution >= 4 is 23.1 Å². The second-order valence-electron chi connectivity index (χ2n) is 7.08. The molecule has 0 aliphatic carbocycles. The molecule has 2 aromatic carbocycles. The molecule has 0 atom stereocenters. The molecule has 3 aromatic rings. The van der Waals surface area contributed by atoms with Crippen LogP contribution in [0.4, 0.5) is 5.69 Å². The molecule has 146 valence electrons. The van der Waals surface area contributed by atoms with Crippen molar-refractivity contribution in [3.05, 3.63) is 70.3 Å². The highest BCUT2D eigenvalue weighted by atomic mass is 32.1. The molecule has 1 heterocycles. The first-order chi connectivity index (χ1) is 13.4. The van der Waals surface area contributed by atoms with Gasteiger partial charge in [0.05, 0.1) is 5.69 Å². The van der Waals surface area contributed by atoms with Crippen molar-refractivity contribution in [3.8, 4) is 5.69 Å². The lowest BCUT2D eigenvalue weighted by atomic mass is 10.1. The lowest BCUT2D eigenvalue weighted by Gasteiger charge is -2.26. The van der Waals surface area contributed by atoms with Gasteiger partial charge in [-0.2, -0.15) is 4.37 Å². The van der Waals surface area contributed by atoms with Crippen molar-refractivity contribution in [1.29, 1.82) is 0 Å². The maximum absolute atomic E-state index is 12.9. The van der Waals surface area contributed by atoms with Crippen LogP contribution in [0.2, 0.25) is 0 Å². The predicted molar refractivity (Wildman–Crippen MR) is 115 cm³/mol. The molecule has 6 heteroatoms. The lowest BCUT2D eigenvalue weighted by Crippen LogP contribution is -2.39. The van der Waals surface area contributed by atoms with Crippen molar-refractivity contribution < 1.29 is 4.79 Å². The van der Waals surface area contributed by atoms with Gasteiger partial charge in [-0.3, -0.25) is 9.36 Å². The summed E-state index contributed by atoms with van der Waals surface area (Å²) in [5.41, 5.74) is 4.35. The molecule has 0 fully saturated rings. The molecule has 0 saturated heterocycles. The summed E-state index contributed by atoms with van der Waals surface area (Å²) in [4.78, 5) is 20.1. The van der Waals surface area contributed by atoms with E-state index in [1.807, 2.05) is 61.7 Å². The molecule has 0 unspecified atom stereocenters. The first kappa shape index (κ1) is 20.0. The maximum atomic E-state index is 12.9. The standard InChI is InChI=1S/C22H26N4OS/c1-15(2)25(19-11-7-6-8-12-19)21(27)14-23-22-26(18(5)24-28-22)20-13-9-10-16(3)17(20)4/h6-13,15H,14H2,1-5H3. The number of carbonyl (C=O) groups excluding carboxylic acids is 1. The van der Waals surface area contributed by atoms with Gasteiger partial charge >= 0.3 is 0 Å². The van der Waals surface area contributed by atoms with Crippen LogP contribution in [0.1, 0.15) is 30.8 Å². The van der Waals surface area contributed by atoms with Crippen LogP contribution in [0.15, 0.2) is 53.5 Å².